The highest BCUT2D eigenvalue weighted by atomic mass is 16.4. The molecule has 4 rings (SSSR count). The lowest BCUT2D eigenvalue weighted by atomic mass is 10.1. The molecular formula is C23H24N4O2. The number of benzene rings is 2. The Morgan fingerprint density at radius 2 is 1.79 bits per heavy atom. The molecule has 6 nitrogen and oxygen atoms in total. The van der Waals surface area contributed by atoms with Gasteiger partial charge in [-0.3, -0.25) is 4.79 Å². The first-order chi connectivity index (χ1) is 13.9. The number of aromatic nitrogens is 3. The van der Waals surface area contributed by atoms with E-state index in [4.69, 9.17) is 4.42 Å². The maximum atomic E-state index is 12.8. The number of nitrogens with zero attached hydrogens (tertiary/aromatic N) is 3. The normalized spacial score (nSPS) is 11.3. The molecule has 0 fully saturated rings. The minimum atomic E-state index is -0.110. The topological polar surface area (TPSA) is 73.0 Å². The van der Waals surface area contributed by atoms with E-state index in [0.717, 1.165) is 33.4 Å². The second-order valence-corrected chi connectivity index (χ2v) is 7.70. The van der Waals surface area contributed by atoms with Crippen molar-refractivity contribution >= 4 is 22.5 Å². The molecule has 1 amide bonds. The number of aryl methyl sites for hydroxylation is 2. The van der Waals surface area contributed by atoms with Gasteiger partial charge < -0.3 is 14.3 Å². The van der Waals surface area contributed by atoms with Crippen LogP contribution in [-0.2, 0) is 11.3 Å². The lowest BCUT2D eigenvalue weighted by Crippen LogP contribution is -2.19. The maximum Gasteiger partial charge on any atom is 0.264 e. The van der Waals surface area contributed by atoms with Gasteiger partial charge in [0.15, 0.2) is 0 Å². The molecule has 148 valence electrons. The third kappa shape index (κ3) is 3.92. The van der Waals surface area contributed by atoms with E-state index in [1.54, 1.807) is 0 Å². The number of carbonyl (C=O) groups excluding carboxylic acids is 1. The summed E-state index contributed by atoms with van der Waals surface area (Å²) in [6, 6.07) is 15.9. The summed E-state index contributed by atoms with van der Waals surface area (Å²) in [6.07, 6.45) is 0. The van der Waals surface area contributed by atoms with Crippen molar-refractivity contribution in [3.8, 4) is 11.6 Å². The standard InChI is InChI=1S/C23H24N4O2/c1-14(2)22-25-26-23(29-22)20-12-17-7-5-6-8-19(17)27(20)13-21(28)24-18-10-15(3)9-16(4)11-18/h5-12,14H,13H2,1-4H3,(H,24,28). The molecule has 2 aromatic heterocycles. The average molecular weight is 388 g/mol. The van der Waals surface area contributed by atoms with E-state index in [0.29, 0.717) is 11.8 Å². The highest BCUT2D eigenvalue weighted by Gasteiger charge is 2.19. The van der Waals surface area contributed by atoms with E-state index >= 15 is 0 Å². The van der Waals surface area contributed by atoms with Crippen molar-refractivity contribution in [1.29, 1.82) is 0 Å². The van der Waals surface area contributed by atoms with Crippen LogP contribution in [-0.4, -0.2) is 20.7 Å². The minimum Gasteiger partial charge on any atom is -0.419 e. The molecule has 2 aromatic carbocycles. The Balaban J connectivity index is 1.69. The summed E-state index contributed by atoms with van der Waals surface area (Å²) in [6.45, 7) is 8.19. The molecule has 1 N–H and O–H groups in total. The Morgan fingerprint density at radius 3 is 2.48 bits per heavy atom. The van der Waals surface area contributed by atoms with Gasteiger partial charge in [-0.2, -0.15) is 0 Å². The highest BCUT2D eigenvalue weighted by Crippen LogP contribution is 2.29. The molecule has 0 saturated carbocycles. The van der Waals surface area contributed by atoms with E-state index in [9.17, 15) is 4.79 Å². The van der Waals surface area contributed by atoms with Gasteiger partial charge in [-0.25, -0.2) is 0 Å². The molecule has 0 atom stereocenters. The molecule has 6 heteroatoms. The number of para-hydroxylation sites is 1. The molecule has 4 aromatic rings. The summed E-state index contributed by atoms with van der Waals surface area (Å²) < 4.78 is 7.78. The zero-order valence-corrected chi connectivity index (χ0v) is 17.1. The summed E-state index contributed by atoms with van der Waals surface area (Å²) in [7, 11) is 0. The number of carbonyl (C=O) groups is 1. The van der Waals surface area contributed by atoms with Crippen LogP contribution < -0.4 is 5.32 Å². The van der Waals surface area contributed by atoms with Crippen molar-refractivity contribution in [2.75, 3.05) is 5.32 Å². The molecule has 0 radical (unpaired) electrons. The van der Waals surface area contributed by atoms with Crippen molar-refractivity contribution in [3.05, 3.63) is 65.5 Å². The van der Waals surface area contributed by atoms with Crippen LogP contribution in [0.4, 0.5) is 5.69 Å². The van der Waals surface area contributed by atoms with E-state index in [-0.39, 0.29) is 18.4 Å². The van der Waals surface area contributed by atoms with E-state index in [2.05, 4.69) is 21.6 Å². The van der Waals surface area contributed by atoms with Crippen LogP contribution in [0.2, 0.25) is 0 Å². The minimum absolute atomic E-state index is 0.110. The molecule has 0 spiro atoms. The number of anilines is 1. The molecular weight excluding hydrogens is 364 g/mol. The SMILES string of the molecule is Cc1cc(C)cc(NC(=O)Cn2c(-c3nnc(C(C)C)o3)cc3ccccc32)c1. The summed E-state index contributed by atoms with van der Waals surface area (Å²) >= 11 is 0. The number of nitrogens with one attached hydrogen (secondary N) is 1. The van der Waals surface area contributed by atoms with Crippen LogP contribution in [0.3, 0.4) is 0 Å². The van der Waals surface area contributed by atoms with Crippen molar-refractivity contribution in [2.45, 2.75) is 40.2 Å². The Kier molecular flexibility index (Phi) is 4.92. The fraction of sp³-hybridized carbons (Fsp3) is 0.261. The van der Waals surface area contributed by atoms with Crippen LogP contribution >= 0.6 is 0 Å². The first kappa shape index (κ1) is 18.9. The van der Waals surface area contributed by atoms with Gasteiger partial charge in [0.25, 0.3) is 5.89 Å². The fourth-order valence-electron chi connectivity index (χ4n) is 3.52. The number of rotatable bonds is 5. The number of amides is 1. The van der Waals surface area contributed by atoms with Crippen LogP contribution in [0, 0.1) is 13.8 Å². The van der Waals surface area contributed by atoms with Gasteiger partial charge in [-0.1, -0.05) is 38.1 Å². The zero-order valence-electron chi connectivity index (χ0n) is 17.1. The molecule has 2 heterocycles. The first-order valence-corrected chi connectivity index (χ1v) is 9.71. The zero-order chi connectivity index (χ0) is 20.5. The second kappa shape index (κ2) is 7.54. The van der Waals surface area contributed by atoms with Crippen molar-refractivity contribution in [2.24, 2.45) is 0 Å². The summed E-state index contributed by atoms with van der Waals surface area (Å²) in [4.78, 5) is 12.8. The van der Waals surface area contributed by atoms with Gasteiger partial charge in [-0.15, -0.1) is 10.2 Å². The summed E-state index contributed by atoms with van der Waals surface area (Å²) in [5.41, 5.74) is 4.70. The number of hydrogen-bond acceptors (Lipinski definition) is 4. The van der Waals surface area contributed by atoms with E-state index in [1.165, 1.54) is 0 Å². The van der Waals surface area contributed by atoms with E-state index in [1.807, 2.05) is 74.7 Å². The Morgan fingerprint density at radius 1 is 1.07 bits per heavy atom. The van der Waals surface area contributed by atoms with Crippen LogP contribution in [0.1, 0.15) is 36.8 Å². The summed E-state index contributed by atoms with van der Waals surface area (Å²) in [5.74, 6) is 1.03. The molecule has 0 aliphatic carbocycles. The third-order valence-electron chi connectivity index (χ3n) is 4.77. The maximum absolute atomic E-state index is 12.8. The van der Waals surface area contributed by atoms with Crippen molar-refractivity contribution in [3.63, 3.8) is 0 Å². The van der Waals surface area contributed by atoms with Crippen LogP contribution in [0.15, 0.2) is 52.9 Å². The van der Waals surface area contributed by atoms with Gasteiger partial charge in [0.05, 0.1) is 0 Å². The first-order valence-electron chi connectivity index (χ1n) is 9.71. The van der Waals surface area contributed by atoms with Crippen LogP contribution in [0.25, 0.3) is 22.5 Å². The van der Waals surface area contributed by atoms with Gasteiger partial charge in [0.2, 0.25) is 11.8 Å². The number of fused-ring (bicyclic) bond motifs is 1. The molecule has 0 aliphatic rings. The Hall–Kier alpha value is -3.41. The monoisotopic (exact) mass is 388 g/mol. The lowest BCUT2D eigenvalue weighted by Gasteiger charge is -2.11. The smallest absolute Gasteiger partial charge is 0.264 e. The van der Waals surface area contributed by atoms with E-state index < -0.39 is 0 Å². The molecule has 29 heavy (non-hydrogen) atoms. The predicted molar refractivity (Wildman–Crippen MR) is 114 cm³/mol. The molecule has 0 aliphatic heterocycles. The third-order valence-corrected chi connectivity index (χ3v) is 4.77. The average Bonchev–Trinajstić information content (AvgIpc) is 3.26. The molecule has 0 saturated heterocycles. The second-order valence-electron chi connectivity index (χ2n) is 7.70. The lowest BCUT2D eigenvalue weighted by molar-refractivity contribution is -0.116. The van der Waals surface area contributed by atoms with Gasteiger partial charge >= 0.3 is 0 Å². The van der Waals surface area contributed by atoms with Crippen molar-refractivity contribution < 1.29 is 9.21 Å². The van der Waals surface area contributed by atoms with Gasteiger partial charge in [-0.05, 0) is 49.2 Å². The summed E-state index contributed by atoms with van der Waals surface area (Å²) in [5, 5.41) is 12.4. The largest absolute Gasteiger partial charge is 0.419 e. The number of hydrogen-bond donors (Lipinski definition) is 1. The van der Waals surface area contributed by atoms with Gasteiger partial charge in [0, 0.05) is 22.5 Å². The quantitative estimate of drug-likeness (QED) is 0.518. The van der Waals surface area contributed by atoms with Gasteiger partial charge in [0.1, 0.15) is 12.2 Å². The predicted octanol–water partition coefficient (Wildman–Crippen LogP) is 5.07. The molecule has 0 unspecified atom stereocenters. The van der Waals surface area contributed by atoms with Crippen molar-refractivity contribution in [1.82, 2.24) is 14.8 Å². The Labute approximate surface area is 169 Å². The highest BCUT2D eigenvalue weighted by molar-refractivity contribution is 5.93. The molecule has 0 bridgehead atoms. The Bertz CT molecular complexity index is 1170. The fourth-order valence-corrected chi connectivity index (χ4v) is 3.52. The van der Waals surface area contributed by atoms with Crippen LogP contribution in [0.5, 0.6) is 0 Å².